The van der Waals surface area contributed by atoms with E-state index in [0.29, 0.717) is 0 Å². The van der Waals surface area contributed by atoms with Crippen molar-refractivity contribution in [2.24, 2.45) is 0 Å². The standard InChI is InChI=1S/C13H18O10/c1-5(15)17-4-18-11(16)13-22-10-9-8(21-12(10)23-13)7(3-14)19-6(2)20-9/h6-10,12-14H,3-4H2,1-2H3. The van der Waals surface area contributed by atoms with Gasteiger partial charge in [-0.3, -0.25) is 4.79 Å². The SMILES string of the molecule is CC(=O)OCOC(=O)C1OC2OC3C(CO)OC(C)OC3C2O1. The summed E-state index contributed by atoms with van der Waals surface area (Å²) in [6.07, 6.45) is -4.97. The Kier molecular flexibility index (Phi) is 4.80. The Labute approximate surface area is 131 Å². The number of aliphatic hydroxyl groups is 1. The first-order valence-electron chi connectivity index (χ1n) is 7.17. The second-order valence-corrected chi connectivity index (χ2v) is 5.28. The third-order valence-corrected chi connectivity index (χ3v) is 3.66. The second-order valence-electron chi connectivity index (χ2n) is 5.28. The maximum atomic E-state index is 11.8. The Balaban J connectivity index is 1.56. The molecule has 0 amide bonds. The van der Waals surface area contributed by atoms with Gasteiger partial charge in [-0.05, 0) is 6.92 Å². The van der Waals surface area contributed by atoms with Gasteiger partial charge < -0.3 is 38.3 Å². The molecule has 0 aromatic heterocycles. The lowest BCUT2D eigenvalue weighted by atomic mass is 10.0. The fourth-order valence-electron chi connectivity index (χ4n) is 2.73. The molecule has 3 aliphatic rings. The Hall–Kier alpha value is -1.30. The van der Waals surface area contributed by atoms with Crippen molar-refractivity contribution in [2.45, 2.75) is 57.1 Å². The predicted molar refractivity (Wildman–Crippen MR) is 67.4 cm³/mol. The zero-order chi connectivity index (χ0) is 16.6. The van der Waals surface area contributed by atoms with Gasteiger partial charge in [0.25, 0.3) is 6.29 Å². The van der Waals surface area contributed by atoms with E-state index in [-0.39, 0.29) is 6.61 Å². The molecule has 0 spiro atoms. The van der Waals surface area contributed by atoms with Gasteiger partial charge in [-0.2, -0.15) is 0 Å². The minimum absolute atomic E-state index is 0.234. The van der Waals surface area contributed by atoms with Gasteiger partial charge >= 0.3 is 11.9 Å². The van der Waals surface area contributed by atoms with Crippen LogP contribution in [0.4, 0.5) is 0 Å². The Bertz CT molecular complexity index is 468. The van der Waals surface area contributed by atoms with Crippen LogP contribution in [0.1, 0.15) is 13.8 Å². The first-order valence-corrected chi connectivity index (χ1v) is 7.17. The highest BCUT2D eigenvalue weighted by molar-refractivity contribution is 5.73. The molecule has 0 radical (unpaired) electrons. The number of ether oxygens (including phenoxy) is 7. The van der Waals surface area contributed by atoms with Crippen LogP contribution >= 0.6 is 0 Å². The van der Waals surface area contributed by atoms with Crippen LogP contribution < -0.4 is 0 Å². The molecule has 7 atom stereocenters. The largest absolute Gasteiger partial charge is 0.428 e. The van der Waals surface area contributed by atoms with Crippen molar-refractivity contribution in [1.29, 1.82) is 0 Å². The third-order valence-electron chi connectivity index (χ3n) is 3.66. The van der Waals surface area contributed by atoms with Crippen molar-refractivity contribution >= 4 is 11.9 Å². The minimum atomic E-state index is -1.30. The summed E-state index contributed by atoms with van der Waals surface area (Å²) in [5.41, 5.74) is 0. The molecular weight excluding hydrogens is 316 g/mol. The monoisotopic (exact) mass is 334 g/mol. The van der Waals surface area contributed by atoms with Crippen LogP contribution in [0.25, 0.3) is 0 Å². The van der Waals surface area contributed by atoms with Gasteiger partial charge in [0.05, 0.1) is 6.61 Å². The molecule has 1 N–H and O–H groups in total. The van der Waals surface area contributed by atoms with Crippen LogP contribution in [0, 0.1) is 0 Å². The number of carbonyl (C=O) groups excluding carboxylic acids is 2. The van der Waals surface area contributed by atoms with E-state index in [1.165, 1.54) is 6.92 Å². The van der Waals surface area contributed by atoms with Gasteiger partial charge in [0.1, 0.15) is 24.4 Å². The summed E-state index contributed by atoms with van der Waals surface area (Å²) in [6.45, 7) is 2.12. The number of carbonyl (C=O) groups is 2. The number of fused-ring (bicyclic) bond motifs is 3. The average Bonchev–Trinajstić information content (AvgIpc) is 3.04. The molecule has 0 aliphatic carbocycles. The maximum absolute atomic E-state index is 11.8. The van der Waals surface area contributed by atoms with Gasteiger partial charge in [0.2, 0.25) is 6.79 Å². The molecule has 3 heterocycles. The zero-order valence-electron chi connectivity index (χ0n) is 12.6. The van der Waals surface area contributed by atoms with Crippen LogP contribution in [0.5, 0.6) is 0 Å². The molecular formula is C13H18O10. The number of aliphatic hydroxyl groups excluding tert-OH is 1. The van der Waals surface area contributed by atoms with E-state index < -0.39 is 62.0 Å². The van der Waals surface area contributed by atoms with Crippen LogP contribution in [0.2, 0.25) is 0 Å². The summed E-state index contributed by atoms with van der Waals surface area (Å²) >= 11 is 0. The van der Waals surface area contributed by atoms with Crippen LogP contribution in [-0.4, -0.2) is 73.7 Å². The van der Waals surface area contributed by atoms with E-state index in [1.807, 2.05) is 0 Å². The molecule has 0 saturated carbocycles. The quantitative estimate of drug-likeness (QED) is 0.487. The summed E-state index contributed by atoms with van der Waals surface area (Å²) < 4.78 is 36.7. The summed E-state index contributed by atoms with van der Waals surface area (Å²) in [5, 5.41) is 9.34. The van der Waals surface area contributed by atoms with Crippen LogP contribution in [0.15, 0.2) is 0 Å². The van der Waals surface area contributed by atoms with Crippen molar-refractivity contribution in [3.63, 3.8) is 0 Å². The summed E-state index contributed by atoms with van der Waals surface area (Å²) in [7, 11) is 0. The number of hydrogen-bond acceptors (Lipinski definition) is 10. The molecule has 7 unspecified atom stereocenters. The lowest BCUT2D eigenvalue weighted by Gasteiger charge is -2.36. The van der Waals surface area contributed by atoms with Crippen molar-refractivity contribution in [1.82, 2.24) is 0 Å². The second kappa shape index (κ2) is 6.67. The topological polar surface area (TPSA) is 119 Å². The third kappa shape index (κ3) is 3.32. The van der Waals surface area contributed by atoms with Gasteiger partial charge in [0.15, 0.2) is 12.6 Å². The Morgan fingerprint density at radius 1 is 1.00 bits per heavy atom. The van der Waals surface area contributed by atoms with E-state index in [2.05, 4.69) is 4.74 Å². The molecule has 3 aliphatic heterocycles. The normalized spacial score (nSPS) is 42.0. The van der Waals surface area contributed by atoms with Gasteiger partial charge in [0, 0.05) is 6.92 Å². The van der Waals surface area contributed by atoms with Gasteiger partial charge in [-0.15, -0.1) is 0 Å². The molecule has 10 heteroatoms. The van der Waals surface area contributed by atoms with Crippen molar-refractivity contribution in [3.8, 4) is 0 Å². The summed E-state index contributed by atoms with van der Waals surface area (Å²) in [4.78, 5) is 22.4. The molecule has 0 aromatic rings. The van der Waals surface area contributed by atoms with Gasteiger partial charge in [-0.25, -0.2) is 4.79 Å². The zero-order valence-corrected chi connectivity index (χ0v) is 12.6. The maximum Gasteiger partial charge on any atom is 0.366 e. The lowest BCUT2D eigenvalue weighted by molar-refractivity contribution is -0.295. The van der Waals surface area contributed by atoms with E-state index in [1.54, 1.807) is 6.92 Å². The summed E-state index contributed by atoms with van der Waals surface area (Å²) in [6, 6.07) is 0. The first kappa shape index (κ1) is 16.6. The van der Waals surface area contributed by atoms with E-state index in [9.17, 15) is 14.7 Å². The smallest absolute Gasteiger partial charge is 0.366 e. The number of esters is 2. The molecule has 0 bridgehead atoms. The first-order chi connectivity index (χ1) is 11.0. The Morgan fingerprint density at radius 3 is 2.48 bits per heavy atom. The van der Waals surface area contributed by atoms with E-state index >= 15 is 0 Å². The predicted octanol–water partition coefficient (Wildman–Crippen LogP) is -1.36. The highest BCUT2D eigenvalue weighted by Crippen LogP contribution is 2.39. The average molecular weight is 334 g/mol. The van der Waals surface area contributed by atoms with Crippen molar-refractivity contribution < 1.29 is 47.9 Å². The highest BCUT2D eigenvalue weighted by Gasteiger charge is 2.59. The van der Waals surface area contributed by atoms with Crippen LogP contribution in [-0.2, 0) is 42.7 Å². The number of hydrogen-bond donors (Lipinski definition) is 1. The van der Waals surface area contributed by atoms with Crippen molar-refractivity contribution in [3.05, 3.63) is 0 Å². The summed E-state index contributed by atoms with van der Waals surface area (Å²) in [5.74, 6) is -1.41. The van der Waals surface area contributed by atoms with Gasteiger partial charge in [-0.1, -0.05) is 0 Å². The van der Waals surface area contributed by atoms with E-state index in [0.717, 1.165) is 0 Å². The molecule has 3 saturated heterocycles. The minimum Gasteiger partial charge on any atom is -0.428 e. The fraction of sp³-hybridized carbons (Fsp3) is 0.846. The number of rotatable bonds is 4. The molecule has 23 heavy (non-hydrogen) atoms. The molecule has 10 nitrogen and oxygen atoms in total. The molecule has 130 valence electrons. The molecule has 3 fully saturated rings. The molecule has 3 rings (SSSR count). The highest BCUT2D eigenvalue weighted by atomic mass is 16.9. The lowest BCUT2D eigenvalue weighted by Crippen LogP contribution is -2.52. The van der Waals surface area contributed by atoms with E-state index in [4.69, 9.17) is 28.4 Å². The Morgan fingerprint density at radius 2 is 1.78 bits per heavy atom. The van der Waals surface area contributed by atoms with Crippen molar-refractivity contribution in [2.75, 3.05) is 13.4 Å². The van der Waals surface area contributed by atoms with Crippen LogP contribution in [0.3, 0.4) is 0 Å². The molecule has 0 aromatic carbocycles. The fourth-order valence-corrected chi connectivity index (χ4v) is 2.73.